The summed E-state index contributed by atoms with van der Waals surface area (Å²) in [7, 11) is -2.44. The molecule has 2 aromatic carbocycles. The summed E-state index contributed by atoms with van der Waals surface area (Å²) < 4.78 is 51.4. The summed E-state index contributed by atoms with van der Waals surface area (Å²) >= 11 is 0. The second-order valence-electron chi connectivity index (χ2n) is 5.51. The van der Waals surface area contributed by atoms with Crippen molar-refractivity contribution in [1.82, 2.24) is 0 Å². The summed E-state index contributed by atoms with van der Waals surface area (Å²) in [5.41, 5.74) is -1.17. The SMILES string of the molecule is COc1cc(O)c2c(=O)c(OS(=O)(=O)O)c(-c3ccc(OC)c(O)c3)oc2c1. The van der Waals surface area contributed by atoms with E-state index >= 15 is 0 Å². The predicted molar refractivity (Wildman–Crippen MR) is 96.5 cm³/mol. The number of ether oxygens (including phenoxy) is 2. The molecule has 0 atom stereocenters. The standard InChI is InChI=1S/C17H14O10S/c1-24-9-6-11(19)14-13(7-9)26-16(17(15(14)20)27-28(21,22)23)8-3-4-12(25-2)10(18)5-8/h3-7,18-19H,1-2H3,(H,21,22,23). The molecule has 0 saturated carbocycles. The Balaban J connectivity index is 2.40. The molecule has 0 aliphatic carbocycles. The molecule has 3 rings (SSSR count). The number of hydrogen-bond acceptors (Lipinski definition) is 9. The monoisotopic (exact) mass is 410 g/mol. The normalized spacial score (nSPS) is 11.4. The molecule has 10 nitrogen and oxygen atoms in total. The van der Waals surface area contributed by atoms with Crippen LogP contribution in [-0.4, -0.2) is 37.4 Å². The zero-order valence-electron chi connectivity index (χ0n) is 14.5. The van der Waals surface area contributed by atoms with Crippen molar-refractivity contribution in [3.8, 4) is 40.1 Å². The van der Waals surface area contributed by atoms with E-state index in [9.17, 15) is 23.4 Å². The summed E-state index contributed by atoms with van der Waals surface area (Å²) in [6, 6.07) is 6.25. The highest BCUT2D eigenvalue weighted by Gasteiger charge is 2.25. The topological polar surface area (TPSA) is 153 Å². The van der Waals surface area contributed by atoms with E-state index < -0.39 is 33.1 Å². The summed E-state index contributed by atoms with van der Waals surface area (Å²) in [6.07, 6.45) is 0. The molecule has 0 bridgehead atoms. The van der Waals surface area contributed by atoms with Crippen molar-refractivity contribution in [3.63, 3.8) is 0 Å². The number of aromatic hydroxyl groups is 2. The largest absolute Gasteiger partial charge is 0.507 e. The Morgan fingerprint density at radius 2 is 1.71 bits per heavy atom. The molecule has 0 amide bonds. The van der Waals surface area contributed by atoms with Crippen molar-refractivity contribution >= 4 is 21.4 Å². The number of methoxy groups -OCH3 is 2. The van der Waals surface area contributed by atoms with Gasteiger partial charge in [-0.25, -0.2) is 0 Å². The molecule has 3 aromatic rings. The van der Waals surface area contributed by atoms with E-state index in [2.05, 4.69) is 4.18 Å². The predicted octanol–water partition coefficient (Wildman–Crippen LogP) is 2.07. The Morgan fingerprint density at radius 1 is 1.00 bits per heavy atom. The van der Waals surface area contributed by atoms with Gasteiger partial charge in [-0.15, -0.1) is 0 Å². The Bertz CT molecular complexity index is 1230. The first-order chi connectivity index (χ1) is 13.1. The van der Waals surface area contributed by atoms with Gasteiger partial charge in [0.1, 0.15) is 22.5 Å². The second kappa shape index (κ2) is 6.94. The number of phenolic OH excluding ortho intramolecular Hbond substituents is 2. The van der Waals surface area contributed by atoms with Crippen LogP contribution in [0.25, 0.3) is 22.3 Å². The lowest BCUT2D eigenvalue weighted by Crippen LogP contribution is -2.15. The molecule has 0 saturated heterocycles. The maximum atomic E-state index is 12.8. The van der Waals surface area contributed by atoms with Crippen LogP contribution in [0.15, 0.2) is 39.5 Å². The van der Waals surface area contributed by atoms with Crippen LogP contribution < -0.4 is 19.1 Å². The zero-order chi connectivity index (χ0) is 20.6. The van der Waals surface area contributed by atoms with Gasteiger partial charge in [0.05, 0.1) is 14.2 Å². The molecule has 11 heteroatoms. The summed E-state index contributed by atoms with van der Waals surface area (Å²) in [5.74, 6) is -1.91. The highest BCUT2D eigenvalue weighted by atomic mass is 32.3. The molecule has 0 fully saturated rings. The number of rotatable bonds is 5. The molecule has 148 valence electrons. The van der Waals surface area contributed by atoms with Gasteiger partial charge in [-0.3, -0.25) is 9.35 Å². The van der Waals surface area contributed by atoms with E-state index in [0.717, 1.165) is 12.1 Å². The average Bonchev–Trinajstić information content (AvgIpc) is 2.62. The van der Waals surface area contributed by atoms with Crippen LogP contribution in [0.5, 0.6) is 28.7 Å². The third-order valence-electron chi connectivity index (χ3n) is 3.77. The first-order valence-electron chi connectivity index (χ1n) is 7.56. The van der Waals surface area contributed by atoms with E-state index in [1.807, 2.05) is 0 Å². The minimum absolute atomic E-state index is 0.0401. The Labute approximate surface area is 158 Å². The van der Waals surface area contributed by atoms with Crippen LogP contribution in [0.4, 0.5) is 0 Å². The van der Waals surface area contributed by atoms with Gasteiger partial charge in [-0.05, 0) is 18.2 Å². The molecule has 28 heavy (non-hydrogen) atoms. The minimum atomic E-state index is -5.10. The first-order valence-corrected chi connectivity index (χ1v) is 8.93. The number of hydrogen-bond donors (Lipinski definition) is 3. The first kappa shape index (κ1) is 19.3. The number of benzene rings is 2. The van der Waals surface area contributed by atoms with Gasteiger partial charge in [0.25, 0.3) is 0 Å². The molecular weight excluding hydrogens is 396 g/mol. The third-order valence-corrected chi connectivity index (χ3v) is 4.15. The lowest BCUT2D eigenvalue weighted by Gasteiger charge is -2.12. The van der Waals surface area contributed by atoms with Crippen molar-refractivity contribution in [2.75, 3.05) is 14.2 Å². The summed E-state index contributed by atoms with van der Waals surface area (Å²) in [5, 5.41) is 19.7. The lowest BCUT2D eigenvalue weighted by molar-refractivity contribution is 0.373. The van der Waals surface area contributed by atoms with E-state index in [1.54, 1.807) is 0 Å². The molecule has 3 N–H and O–H groups in total. The van der Waals surface area contributed by atoms with Crippen molar-refractivity contribution in [2.45, 2.75) is 0 Å². The van der Waals surface area contributed by atoms with Crippen molar-refractivity contribution in [1.29, 1.82) is 0 Å². The average molecular weight is 410 g/mol. The fourth-order valence-electron chi connectivity index (χ4n) is 2.58. The molecule has 0 aliphatic heterocycles. The van der Waals surface area contributed by atoms with Gasteiger partial charge < -0.3 is 28.3 Å². The Hall–Kier alpha value is -3.44. The molecule has 1 aromatic heterocycles. The Morgan fingerprint density at radius 3 is 2.29 bits per heavy atom. The van der Waals surface area contributed by atoms with Gasteiger partial charge in [0.15, 0.2) is 17.3 Å². The second-order valence-corrected chi connectivity index (χ2v) is 6.53. The highest BCUT2D eigenvalue weighted by molar-refractivity contribution is 7.81. The van der Waals surface area contributed by atoms with Crippen LogP contribution in [0.2, 0.25) is 0 Å². The Kier molecular flexibility index (Phi) is 4.79. The van der Waals surface area contributed by atoms with Crippen LogP contribution >= 0.6 is 0 Å². The molecule has 0 spiro atoms. The summed E-state index contributed by atoms with van der Waals surface area (Å²) in [6.45, 7) is 0. The fraction of sp³-hybridized carbons (Fsp3) is 0.118. The number of phenols is 2. The van der Waals surface area contributed by atoms with E-state index in [-0.39, 0.29) is 33.8 Å². The van der Waals surface area contributed by atoms with Crippen LogP contribution in [0.3, 0.4) is 0 Å². The lowest BCUT2D eigenvalue weighted by atomic mass is 10.1. The molecule has 0 aliphatic rings. The minimum Gasteiger partial charge on any atom is -0.507 e. The molecule has 0 radical (unpaired) electrons. The molecule has 1 heterocycles. The quantitative estimate of drug-likeness (QED) is 0.533. The van der Waals surface area contributed by atoms with Gasteiger partial charge in [0.2, 0.25) is 11.2 Å². The van der Waals surface area contributed by atoms with E-state index in [0.29, 0.717) is 0 Å². The van der Waals surface area contributed by atoms with Gasteiger partial charge >= 0.3 is 10.4 Å². The molecular formula is C17H14O10S. The maximum Gasteiger partial charge on any atom is 0.446 e. The van der Waals surface area contributed by atoms with Gasteiger partial charge in [-0.2, -0.15) is 8.42 Å². The van der Waals surface area contributed by atoms with Crippen molar-refractivity contribution in [2.24, 2.45) is 0 Å². The van der Waals surface area contributed by atoms with Gasteiger partial charge in [0, 0.05) is 17.7 Å². The van der Waals surface area contributed by atoms with E-state index in [4.69, 9.17) is 18.4 Å². The fourth-order valence-corrected chi connectivity index (χ4v) is 2.94. The molecule has 0 unspecified atom stereocenters. The van der Waals surface area contributed by atoms with Crippen LogP contribution in [0, 0.1) is 0 Å². The smallest absolute Gasteiger partial charge is 0.446 e. The van der Waals surface area contributed by atoms with E-state index in [1.165, 1.54) is 32.4 Å². The van der Waals surface area contributed by atoms with Crippen molar-refractivity contribution in [3.05, 3.63) is 40.6 Å². The number of fused-ring (bicyclic) bond motifs is 1. The summed E-state index contributed by atoms with van der Waals surface area (Å²) in [4.78, 5) is 12.8. The zero-order valence-corrected chi connectivity index (χ0v) is 15.3. The van der Waals surface area contributed by atoms with Crippen LogP contribution in [0.1, 0.15) is 0 Å². The highest BCUT2D eigenvalue weighted by Crippen LogP contribution is 2.38. The van der Waals surface area contributed by atoms with Crippen LogP contribution in [-0.2, 0) is 10.4 Å². The third kappa shape index (κ3) is 3.52. The maximum absolute atomic E-state index is 12.8. The van der Waals surface area contributed by atoms with Crippen molar-refractivity contribution < 1.29 is 41.3 Å². The van der Waals surface area contributed by atoms with Gasteiger partial charge in [-0.1, -0.05) is 0 Å².